The topological polar surface area (TPSA) is 158 Å². The lowest BCUT2D eigenvalue weighted by Gasteiger charge is -2.19. The molecule has 6 unspecified atom stereocenters. The van der Waals surface area contributed by atoms with Gasteiger partial charge in [-0.25, -0.2) is 9.59 Å². The molecule has 0 bridgehead atoms. The first kappa shape index (κ1) is 37.1. The van der Waals surface area contributed by atoms with E-state index in [1.165, 1.54) is 12.5 Å². The van der Waals surface area contributed by atoms with Crippen molar-refractivity contribution in [1.82, 2.24) is 10.6 Å². The number of carbonyl (C=O) groups is 2. The van der Waals surface area contributed by atoms with Gasteiger partial charge in [-0.2, -0.15) is 0 Å². The first-order valence-electron chi connectivity index (χ1n) is 17.3. The average molecular weight is 721 g/mol. The highest BCUT2D eigenvalue weighted by Crippen LogP contribution is 2.28. The Kier molecular flexibility index (Phi) is 13.3. The number of hydrogen-bond acceptors (Lipinski definition) is 14. The summed E-state index contributed by atoms with van der Waals surface area (Å²) in [4.78, 5) is 25.4. The number of nitrogens with one attached hydrogen (secondary N) is 2. The van der Waals surface area contributed by atoms with E-state index in [4.69, 9.17) is 46.7 Å². The van der Waals surface area contributed by atoms with Crippen molar-refractivity contribution in [3.05, 3.63) is 108 Å². The van der Waals surface area contributed by atoms with Crippen molar-refractivity contribution in [2.45, 2.75) is 76.1 Å². The van der Waals surface area contributed by atoms with Crippen molar-refractivity contribution >= 4 is 11.9 Å². The normalized spacial score (nSPS) is 21.0. The first-order valence-corrected chi connectivity index (χ1v) is 17.3. The molecule has 0 amide bonds. The third-order valence-electron chi connectivity index (χ3n) is 8.44. The van der Waals surface area contributed by atoms with E-state index >= 15 is 0 Å². The Labute approximate surface area is 301 Å². The minimum absolute atomic E-state index is 0.270. The van der Waals surface area contributed by atoms with Gasteiger partial charge in [-0.05, 0) is 25.2 Å². The molecule has 2 saturated heterocycles. The van der Waals surface area contributed by atoms with Crippen LogP contribution in [0.1, 0.15) is 35.5 Å². The number of aryl methyl sites for hydroxylation is 2. The standard InChI is InChI=1S/C38H44N2O12/c1-39-31(15-13-27-29(17-19-43-27)47-35-23-45-33(51-35)21-25-9-5-3-6-10-25)49-37(41)38(42)50-32(40-2)16-14-28-30(18-20-44-28)48-36-24-46-34(52-36)22-26-11-7-4-8-12-26/h3-12,17-20,31-36,39-40H,13-16,21-24H2,1-2H3. The molecule has 2 aromatic carbocycles. The van der Waals surface area contributed by atoms with Crippen LogP contribution in [0.3, 0.4) is 0 Å². The second kappa shape index (κ2) is 18.7. The van der Waals surface area contributed by atoms with Crippen LogP contribution in [-0.4, -0.2) is 76.9 Å². The number of furan rings is 2. The first-order chi connectivity index (χ1) is 25.4. The SMILES string of the molecule is CNC(CCc1occc1OC1COC(Cc2ccccc2)O1)OC(=O)C(=O)OC(CCc1occc1OC1COC(Cc2ccccc2)O1)NC. The molecule has 2 fully saturated rings. The lowest BCUT2D eigenvalue weighted by molar-refractivity contribution is -0.176. The second-order valence-electron chi connectivity index (χ2n) is 12.1. The molecule has 52 heavy (non-hydrogen) atoms. The van der Waals surface area contributed by atoms with Gasteiger partial charge in [0, 0.05) is 50.7 Å². The highest BCUT2D eigenvalue weighted by Gasteiger charge is 2.31. The van der Waals surface area contributed by atoms with E-state index in [9.17, 15) is 9.59 Å². The number of rotatable bonds is 18. The Morgan fingerprint density at radius 1 is 0.654 bits per heavy atom. The predicted octanol–water partition coefficient (Wildman–Crippen LogP) is 4.26. The molecular formula is C38H44N2O12. The molecule has 6 atom stereocenters. The summed E-state index contributed by atoms with van der Waals surface area (Å²) >= 11 is 0. The van der Waals surface area contributed by atoms with Gasteiger partial charge in [0.1, 0.15) is 24.7 Å². The summed E-state index contributed by atoms with van der Waals surface area (Å²) in [6, 6.07) is 23.2. The molecule has 2 aromatic heterocycles. The van der Waals surface area contributed by atoms with Crippen LogP contribution in [-0.2, 0) is 63.7 Å². The van der Waals surface area contributed by atoms with Crippen molar-refractivity contribution in [3.63, 3.8) is 0 Å². The Morgan fingerprint density at radius 3 is 1.48 bits per heavy atom. The number of hydrogen-bond donors (Lipinski definition) is 2. The molecule has 4 aromatic rings. The largest absolute Gasteiger partial charge is 0.465 e. The molecule has 0 spiro atoms. The van der Waals surface area contributed by atoms with Crippen LogP contribution in [0.5, 0.6) is 11.5 Å². The highest BCUT2D eigenvalue weighted by molar-refractivity contribution is 6.29. The number of esters is 2. The molecule has 278 valence electrons. The summed E-state index contributed by atoms with van der Waals surface area (Å²) in [7, 11) is 3.23. The van der Waals surface area contributed by atoms with Crippen molar-refractivity contribution in [2.75, 3.05) is 27.3 Å². The maximum absolute atomic E-state index is 12.7. The smallest absolute Gasteiger partial charge is 0.419 e. The molecule has 14 heteroatoms. The van der Waals surface area contributed by atoms with E-state index in [-0.39, 0.29) is 26.1 Å². The predicted molar refractivity (Wildman–Crippen MR) is 183 cm³/mol. The fourth-order valence-corrected chi connectivity index (χ4v) is 5.74. The molecule has 0 saturated carbocycles. The van der Waals surface area contributed by atoms with Crippen molar-refractivity contribution in [2.24, 2.45) is 0 Å². The zero-order valence-corrected chi connectivity index (χ0v) is 29.1. The molecule has 0 radical (unpaired) electrons. The summed E-state index contributed by atoms with van der Waals surface area (Å²) in [6.07, 6.45) is 1.86. The summed E-state index contributed by atoms with van der Waals surface area (Å²) in [6.45, 7) is 0.539. The average Bonchev–Trinajstić information content (AvgIpc) is 3.99. The van der Waals surface area contributed by atoms with Gasteiger partial charge in [-0.3, -0.25) is 10.6 Å². The van der Waals surface area contributed by atoms with Crippen LogP contribution in [0.25, 0.3) is 0 Å². The van der Waals surface area contributed by atoms with Gasteiger partial charge in [0.2, 0.25) is 12.6 Å². The van der Waals surface area contributed by atoms with Gasteiger partial charge >= 0.3 is 11.9 Å². The van der Waals surface area contributed by atoms with Crippen LogP contribution >= 0.6 is 0 Å². The zero-order chi connectivity index (χ0) is 36.1. The fraction of sp³-hybridized carbons (Fsp3) is 0.421. The van der Waals surface area contributed by atoms with Crippen LogP contribution < -0.4 is 20.1 Å². The molecular weight excluding hydrogens is 676 g/mol. The monoisotopic (exact) mass is 720 g/mol. The van der Waals surface area contributed by atoms with E-state index in [0.29, 0.717) is 48.7 Å². The maximum atomic E-state index is 12.7. The second-order valence-corrected chi connectivity index (χ2v) is 12.1. The third-order valence-corrected chi connectivity index (χ3v) is 8.44. The minimum atomic E-state index is -1.14. The summed E-state index contributed by atoms with van der Waals surface area (Å²) in [5.41, 5.74) is 2.20. The van der Waals surface area contributed by atoms with E-state index in [1.807, 2.05) is 60.7 Å². The number of benzene rings is 2. The molecule has 6 rings (SSSR count). The van der Waals surface area contributed by atoms with Gasteiger partial charge < -0.3 is 46.7 Å². The lowest BCUT2D eigenvalue weighted by atomic mass is 10.1. The van der Waals surface area contributed by atoms with E-state index in [0.717, 1.165) is 11.1 Å². The molecule has 2 N–H and O–H groups in total. The van der Waals surface area contributed by atoms with E-state index < -0.39 is 49.6 Å². The van der Waals surface area contributed by atoms with Crippen molar-refractivity contribution in [3.8, 4) is 11.5 Å². The zero-order valence-electron chi connectivity index (χ0n) is 29.1. The van der Waals surface area contributed by atoms with Crippen molar-refractivity contribution < 1.29 is 56.3 Å². The van der Waals surface area contributed by atoms with Gasteiger partial charge in [-0.1, -0.05) is 60.7 Å². The highest BCUT2D eigenvalue weighted by atomic mass is 16.8. The lowest BCUT2D eigenvalue weighted by Crippen LogP contribution is -2.38. The van der Waals surface area contributed by atoms with E-state index in [2.05, 4.69) is 10.6 Å². The van der Waals surface area contributed by atoms with Crippen LogP contribution in [0.2, 0.25) is 0 Å². The Hall–Kier alpha value is -4.70. The number of carbonyl (C=O) groups excluding carboxylic acids is 2. The summed E-state index contributed by atoms with van der Waals surface area (Å²) < 4.78 is 57.3. The maximum Gasteiger partial charge on any atom is 0.419 e. The summed E-state index contributed by atoms with van der Waals surface area (Å²) in [5, 5.41) is 5.79. The van der Waals surface area contributed by atoms with Gasteiger partial charge in [0.05, 0.1) is 12.5 Å². The molecule has 2 aliphatic rings. The molecule has 0 aliphatic carbocycles. The Morgan fingerprint density at radius 2 is 1.08 bits per heavy atom. The van der Waals surface area contributed by atoms with E-state index in [1.54, 1.807) is 26.2 Å². The third kappa shape index (κ3) is 10.7. The molecule has 2 aliphatic heterocycles. The Balaban J connectivity index is 0.907. The van der Waals surface area contributed by atoms with Crippen LogP contribution in [0.4, 0.5) is 0 Å². The summed E-state index contributed by atoms with van der Waals surface area (Å²) in [5.74, 6) is -0.223. The fourth-order valence-electron chi connectivity index (χ4n) is 5.74. The van der Waals surface area contributed by atoms with Crippen LogP contribution in [0.15, 0.2) is 94.2 Å². The molecule has 14 nitrogen and oxygen atoms in total. The van der Waals surface area contributed by atoms with Gasteiger partial charge in [-0.15, -0.1) is 0 Å². The minimum Gasteiger partial charge on any atom is -0.465 e. The van der Waals surface area contributed by atoms with Crippen molar-refractivity contribution in [1.29, 1.82) is 0 Å². The molecule has 4 heterocycles. The van der Waals surface area contributed by atoms with Gasteiger partial charge in [0.25, 0.3) is 0 Å². The van der Waals surface area contributed by atoms with Gasteiger partial charge in [0.15, 0.2) is 36.5 Å². The quantitative estimate of drug-likeness (QED) is 0.0854. The van der Waals surface area contributed by atoms with Crippen LogP contribution in [0, 0.1) is 0 Å². The Bertz CT molecular complexity index is 1560. The number of ether oxygens (including phenoxy) is 8.